The largest absolute Gasteiger partial charge is 0.377 e. The van der Waals surface area contributed by atoms with E-state index in [9.17, 15) is 8.42 Å². The smallest absolute Gasteiger partial charge is 0.211 e. The molecule has 2 N–H and O–H groups in total. The van der Waals surface area contributed by atoms with Gasteiger partial charge in [-0.25, -0.2) is 13.1 Å². The molecule has 0 bridgehead atoms. The van der Waals surface area contributed by atoms with E-state index >= 15 is 0 Å². The average molecular weight is 266 g/mol. The number of hydrogen-bond donors (Lipinski definition) is 2. The van der Waals surface area contributed by atoms with Crippen LogP contribution in [0.25, 0.3) is 0 Å². The Hall–Kier alpha value is -0.170. The lowest BCUT2D eigenvalue weighted by molar-refractivity contribution is 0.0834. The van der Waals surface area contributed by atoms with Crippen molar-refractivity contribution in [3.63, 3.8) is 0 Å². The zero-order chi connectivity index (χ0) is 13.1. The maximum atomic E-state index is 11.5. The van der Waals surface area contributed by atoms with Crippen LogP contribution in [0.5, 0.6) is 0 Å². The van der Waals surface area contributed by atoms with Crippen molar-refractivity contribution in [2.24, 2.45) is 0 Å². The van der Waals surface area contributed by atoms with E-state index in [0.29, 0.717) is 19.6 Å². The first-order valence-electron chi connectivity index (χ1n) is 6.27. The Morgan fingerprint density at radius 2 is 1.88 bits per heavy atom. The Labute approximate surface area is 105 Å². The normalized spacial score (nSPS) is 12.2. The minimum Gasteiger partial charge on any atom is -0.377 e. The van der Waals surface area contributed by atoms with Crippen LogP contribution in [0.3, 0.4) is 0 Å². The molecule has 0 fully saturated rings. The molecule has 0 aromatic heterocycles. The fraction of sp³-hybridized carbons (Fsp3) is 1.00. The summed E-state index contributed by atoms with van der Waals surface area (Å²) in [6, 6.07) is 0. The lowest BCUT2D eigenvalue weighted by atomic mass is 10.3. The SMILES string of the molecule is CCNCCCCS(=O)(=O)NCCOC(C)C. The molecule has 0 rings (SSSR count). The molecule has 0 amide bonds. The van der Waals surface area contributed by atoms with Crippen molar-refractivity contribution in [3.8, 4) is 0 Å². The van der Waals surface area contributed by atoms with Crippen LogP contribution in [-0.2, 0) is 14.8 Å². The highest BCUT2D eigenvalue weighted by molar-refractivity contribution is 7.89. The lowest BCUT2D eigenvalue weighted by Gasteiger charge is -2.09. The number of hydrogen-bond acceptors (Lipinski definition) is 4. The van der Waals surface area contributed by atoms with E-state index < -0.39 is 10.0 Å². The van der Waals surface area contributed by atoms with Crippen LogP contribution in [-0.4, -0.2) is 46.5 Å². The van der Waals surface area contributed by atoms with Gasteiger partial charge in [-0.2, -0.15) is 0 Å². The summed E-state index contributed by atoms with van der Waals surface area (Å²) in [5.41, 5.74) is 0. The quantitative estimate of drug-likeness (QED) is 0.541. The molecule has 0 aliphatic heterocycles. The fourth-order valence-corrected chi connectivity index (χ4v) is 2.41. The predicted octanol–water partition coefficient (Wildman–Crippen LogP) is 0.721. The van der Waals surface area contributed by atoms with Gasteiger partial charge in [0.25, 0.3) is 0 Å². The van der Waals surface area contributed by atoms with Gasteiger partial charge in [-0.1, -0.05) is 6.92 Å². The van der Waals surface area contributed by atoms with E-state index in [0.717, 1.165) is 19.5 Å². The van der Waals surface area contributed by atoms with Crippen molar-refractivity contribution in [1.29, 1.82) is 0 Å². The standard InChI is InChI=1S/C11H26N2O3S/c1-4-12-7-5-6-10-17(14,15)13-8-9-16-11(2)3/h11-13H,4-10H2,1-3H3. The first-order chi connectivity index (χ1) is 7.98. The first-order valence-corrected chi connectivity index (χ1v) is 7.93. The summed E-state index contributed by atoms with van der Waals surface area (Å²) < 4.78 is 30.8. The second-order valence-corrected chi connectivity index (χ2v) is 6.12. The van der Waals surface area contributed by atoms with Gasteiger partial charge < -0.3 is 10.1 Å². The Bertz CT molecular complexity index is 266. The zero-order valence-electron chi connectivity index (χ0n) is 11.2. The van der Waals surface area contributed by atoms with E-state index in [2.05, 4.69) is 10.0 Å². The third-order valence-corrected chi connectivity index (χ3v) is 3.61. The second-order valence-electron chi connectivity index (χ2n) is 4.19. The number of ether oxygens (including phenoxy) is 1. The number of unbranched alkanes of at least 4 members (excludes halogenated alkanes) is 1. The zero-order valence-corrected chi connectivity index (χ0v) is 12.0. The van der Waals surface area contributed by atoms with Crippen molar-refractivity contribution >= 4 is 10.0 Å². The summed E-state index contributed by atoms with van der Waals surface area (Å²) in [7, 11) is -3.12. The van der Waals surface area contributed by atoms with Crippen LogP contribution in [0.4, 0.5) is 0 Å². The molecule has 0 aromatic rings. The molecule has 0 aliphatic rings. The van der Waals surface area contributed by atoms with Gasteiger partial charge in [0.15, 0.2) is 0 Å². The van der Waals surface area contributed by atoms with Crippen molar-refractivity contribution in [1.82, 2.24) is 10.0 Å². The molecule has 0 spiro atoms. The molecule has 0 aliphatic carbocycles. The van der Waals surface area contributed by atoms with E-state index in [4.69, 9.17) is 4.74 Å². The molecule has 0 aromatic carbocycles. The molecule has 5 nitrogen and oxygen atoms in total. The summed E-state index contributed by atoms with van der Waals surface area (Å²) in [5.74, 6) is 0.195. The molecule has 0 radical (unpaired) electrons. The molecule has 0 saturated heterocycles. The maximum Gasteiger partial charge on any atom is 0.211 e. The summed E-state index contributed by atoms with van der Waals surface area (Å²) in [4.78, 5) is 0. The van der Waals surface area contributed by atoms with Crippen LogP contribution < -0.4 is 10.0 Å². The van der Waals surface area contributed by atoms with Crippen molar-refractivity contribution < 1.29 is 13.2 Å². The summed E-state index contributed by atoms with van der Waals surface area (Å²) >= 11 is 0. The van der Waals surface area contributed by atoms with Gasteiger partial charge in [-0.15, -0.1) is 0 Å². The highest BCUT2D eigenvalue weighted by Gasteiger charge is 2.08. The molecular formula is C11H26N2O3S. The molecule has 0 atom stereocenters. The Balaban J connectivity index is 3.52. The van der Waals surface area contributed by atoms with Crippen LogP contribution in [0.1, 0.15) is 33.6 Å². The molecular weight excluding hydrogens is 240 g/mol. The number of nitrogens with one attached hydrogen (secondary N) is 2. The predicted molar refractivity (Wildman–Crippen MR) is 70.7 cm³/mol. The fourth-order valence-electron chi connectivity index (χ4n) is 1.28. The minimum atomic E-state index is -3.12. The van der Waals surface area contributed by atoms with Gasteiger partial charge in [-0.3, -0.25) is 0 Å². The Morgan fingerprint density at radius 3 is 2.47 bits per heavy atom. The van der Waals surface area contributed by atoms with E-state index in [1.807, 2.05) is 20.8 Å². The van der Waals surface area contributed by atoms with Gasteiger partial charge >= 0.3 is 0 Å². The summed E-state index contributed by atoms with van der Waals surface area (Å²) in [6.45, 7) is 8.47. The highest BCUT2D eigenvalue weighted by atomic mass is 32.2. The summed E-state index contributed by atoms with van der Waals surface area (Å²) in [6.07, 6.45) is 1.71. The molecule has 6 heteroatoms. The average Bonchev–Trinajstić information content (AvgIpc) is 2.24. The summed E-state index contributed by atoms with van der Waals surface area (Å²) in [5, 5.41) is 3.16. The van der Waals surface area contributed by atoms with Crippen LogP contribution in [0.15, 0.2) is 0 Å². The maximum absolute atomic E-state index is 11.5. The third-order valence-electron chi connectivity index (χ3n) is 2.14. The van der Waals surface area contributed by atoms with Crippen LogP contribution in [0, 0.1) is 0 Å². The van der Waals surface area contributed by atoms with Crippen molar-refractivity contribution in [3.05, 3.63) is 0 Å². The number of sulfonamides is 1. The van der Waals surface area contributed by atoms with Crippen molar-refractivity contribution in [2.75, 3.05) is 32.0 Å². The molecule has 104 valence electrons. The van der Waals surface area contributed by atoms with Crippen molar-refractivity contribution in [2.45, 2.75) is 39.7 Å². The molecule has 0 saturated carbocycles. The first kappa shape index (κ1) is 16.8. The lowest BCUT2D eigenvalue weighted by Crippen LogP contribution is -2.30. The molecule has 0 heterocycles. The minimum absolute atomic E-state index is 0.139. The number of rotatable bonds is 11. The van der Waals surface area contributed by atoms with Gasteiger partial charge in [0.2, 0.25) is 10.0 Å². The second kappa shape index (κ2) is 9.82. The van der Waals surface area contributed by atoms with Crippen LogP contribution in [0.2, 0.25) is 0 Å². The van der Waals surface area contributed by atoms with Crippen LogP contribution >= 0.6 is 0 Å². The highest BCUT2D eigenvalue weighted by Crippen LogP contribution is 1.94. The third kappa shape index (κ3) is 12.1. The van der Waals surface area contributed by atoms with Gasteiger partial charge in [0.05, 0.1) is 18.5 Å². The topological polar surface area (TPSA) is 67.4 Å². The Kier molecular flexibility index (Phi) is 9.72. The van der Waals surface area contributed by atoms with E-state index in [1.54, 1.807) is 0 Å². The van der Waals surface area contributed by atoms with Gasteiger partial charge in [0, 0.05) is 6.54 Å². The van der Waals surface area contributed by atoms with E-state index in [-0.39, 0.29) is 11.9 Å². The molecule has 17 heavy (non-hydrogen) atoms. The van der Waals surface area contributed by atoms with Gasteiger partial charge in [-0.05, 0) is 39.8 Å². The monoisotopic (exact) mass is 266 g/mol. The Morgan fingerprint density at radius 1 is 1.18 bits per heavy atom. The van der Waals surface area contributed by atoms with Gasteiger partial charge in [0.1, 0.15) is 0 Å². The molecule has 0 unspecified atom stereocenters. The van der Waals surface area contributed by atoms with E-state index in [1.165, 1.54) is 0 Å².